The van der Waals surface area contributed by atoms with E-state index in [1.165, 1.54) is 0 Å². The van der Waals surface area contributed by atoms with Crippen molar-refractivity contribution < 1.29 is 8.78 Å². The third-order valence-electron chi connectivity index (χ3n) is 2.87. The van der Waals surface area contributed by atoms with Gasteiger partial charge in [-0.05, 0) is 36.6 Å². The van der Waals surface area contributed by atoms with Crippen molar-refractivity contribution in [3.05, 3.63) is 69.7 Å². The maximum atomic E-state index is 13.3. The normalized spacial score (nSPS) is 12.5. The molecule has 0 aliphatic carbocycles. The van der Waals surface area contributed by atoms with E-state index in [4.69, 9.17) is 11.6 Å². The molecule has 1 unspecified atom stereocenters. The van der Waals surface area contributed by atoms with Gasteiger partial charge in [0.25, 0.3) is 0 Å². The minimum atomic E-state index is -0.927. The summed E-state index contributed by atoms with van der Waals surface area (Å²) < 4.78 is 26.3. The molecule has 0 bridgehead atoms. The number of alkyl halides is 1. The van der Waals surface area contributed by atoms with Gasteiger partial charge in [0.2, 0.25) is 0 Å². The van der Waals surface area contributed by atoms with Crippen LogP contribution in [0.25, 0.3) is 0 Å². The van der Waals surface area contributed by atoms with E-state index in [0.29, 0.717) is 12.0 Å². The van der Waals surface area contributed by atoms with Gasteiger partial charge < -0.3 is 0 Å². The van der Waals surface area contributed by atoms with Crippen LogP contribution in [0.1, 0.15) is 21.5 Å². The van der Waals surface area contributed by atoms with Crippen LogP contribution >= 0.6 is 27.5 Å². The van der Waals surface area contributed by atoms with Crippen molar-refractivity contribution in [2.45, 2.75) is 18.2 Å². The fraction of sp³-hybridized carbons (Fsp3) is 0.200. The quantitative estimate of drug-likeness (QED) is 0.501. The van der Waals surface area contributed by atoms with Gasteiger partial charge in [-0.1, -0.05) is 57.4 Å². The third kappa shape index (κ3) is 3.54. The first-order chi connectivity index (χ1) is 8.97. The summed E-state index contributed by atoms with van der Waals surface area (Å²) >= 11 is 9.44. The number of halogens is 4. The Bertz CT molecular complexity index is 599. The van der Waals surface area contributed by atoms with Gasteiger partial charge in [-0.3, -0.25) is 0 Å². The van der Waals surface area contributed by atoms with Crippen molar-refractivity contribution in [1.82, 2.24) is 0 Å². The number of aryl methyl sites for hydroxylation is 1. The molecule has 0 aliphatic rings. The molecule has 0 spiro atoms. The molecule has 0 aliphatic heterocycles. The standard InChI is InChI=1S/C15H12BrClF2/c1-9-3-2-4-10(5-9)6-12(16)11-7-14(18)15(19)8-13(11)17/h2-5,7-8,12H,6H2,1H3. The highest BCUT2D eigenvalue weighted by atomic mass is 79.9. The lowest BCUT2D eigenvalue weighted by Crippen LogP contribution is -1.99. The van der Waals surface area contributed by atoms with E-state index >= 15 is 0 Å². The molecule has 0 saturated carbocycles. The number of rotatable bonds is 3. The molecule has 2 aromatic carbocycles. The van der Waals surface area contributed by atoms with Crippen LogP contribution in [0, 0.1) is 18.6 Å². The summed E-state index contributed by atoms with van der Waals surface area (Å²) in [4.78, 5) is -0.156. The Morgan fingerprint density at radius 2 is 1.84 bits per heavy atom. The van der Waals surface area contributed by atoms with Crippen molar-refractivity contribution in [2.75, 3.05) is 0 Å². The van der Waals surface area contributed by atoms with Crippen molar-refractivity contribution in [3.8, 4) is 0 Å². The summed E-state index contributed by atoms with van der Waals surface area (Å²) in [6.07, 6.45) is 0.659. The van der Waals surface area contributed by atoms with E-state index < -0.39 is 11.6 Å². The van der Waals surface area contributed by atoms with Crippen molar-refractivity contribution in [3.63, 3.8) is 0 Å². The van der Waals surface area contributed by atoms with E-state index in [1.54, 1.807) is 0 Å². The molecular formula is C15H12BrClF2. The highest BCUT2D eigenvalue weighted by Gasteiger charge is 2.16. The highest BCUT2D eigenvalue weighted by molar-refractivity contribution is 9.09. The van der Waals surface area contributed by atoms with Crippen molar-refractivity contribution in [2.24, 2.45) is 0 Å². The SMILES string of the molecule is Cc1cccc(CC(Br)c2cc(F)c(F)cc2Cl)c1. The largest absolute Gasteiger partial charge is 0.204 e. The second kappa shape index (κ2) is 6.02. The van der Waals surface area contributed by atoms with Crippen LogP contribution in [-0.2, 0) is 6.42 Å². The van der Waals surface area contributed by atoms with Crippen LogP contribution in [0.15, 0.2) is 36.4 Å². The number of hydrogen-bond acceptors (Lipinski definition) is 0. The lowest BCUT2D eigenvalue weighted by molar-refractivity contribution is 0.507. The second-order valence-corrected chi connectivity index (χ2v) is 5.96. The number of benzene rings is 2. The van der Waals surface area contributed by atoms with Gasteiger partial charge in [-0.25, -0.2) is 8.78 Å². The smallest absolute Gasteiger partial charge is 0.160 e. The van der Waals surface area contributed by atoms with Crippen molar-refractivity contribution >= 4 is 27.5 Å². The van der Waals surface area contributed by atoms with Crippen molar-refractivity contribution in [1.29, 1.82) is 0 Å². The molecular weight excluding hydrogens is 334 g/mol. The fourth-order valence-corrected chi connectivity index (χ4v) is 3.10. The summed E-state index contributed by atoms with van der Waals surface area (Å²) in [6, 6.07) is 10.2. The Kier molecular flexibility index (Phi) is 4.58. The van der Waals surface area contributed by atoms with Gasteiger partial charge in [0.15, 0.2) is 11.6 Å². The summed E-state index contributed by atoms with van der Waals surface area (Å²) in [6.45, 7) is 2.01. The monoisotopic (exact) mass is 344 g/mol. The molecule has 1 atom stereocenters. The zero-order chi connectivity index (χ0) is 14.0. The summed E-state index contributed by atoms with van der Waals surface area (Å²) in [5, 5.41) is 0.230. The minimum Gasteiger partial charge on any atom is -0.204 e. The molecule has 100 valence electrons. The number of hydrogen-bond donors (Lipinski definition) is 0. The molecule has 0 amide bonds. The molecule has 0 aromatic heterocycles. The molecule has 0 nitrogen and oxygen atoms in total. The Labute approximate surface area is 124 Å². The van der Waals surface area contributed by atoms with Crippen LogP contribution in [0.3, 0.4) is 0 Å². The molecule has 19 heavy (non-hydrogen) atoms. The zero-order valence-electron chi connectivity index (χ0n) is 10.3. The summed E-state index contributed by atoms with van der Waals surface area (Å²) in [7, 11) is 0. The molecule has 2 aromatic rings. The lowest BCUT2D eigenvalue weighted by Gasteiger charge is -2.13. The van der Waals surface area contributed by atoms with E-state index in [1.807, 2.05) is 25.1 Å². The summed E-state index contributed by atoms with van der Waals surface area (Å²) in [5.74, 6) is -1.81. The van der Waals surface area contributed by atoms with Crippen LogP contribution in [0.2, 0.25) is 5.02 Å². The molecule has 0 heterocycles. The van der Waals surface area contributed by atoms with Gasteiger partial charge >= 0.3 is 0 Å². The van der Waals surface area contributed by atoms with Gasteiger partial charge in [0.05, 0.1) is 0 Å². The van der Waals surface area contributed by atoms with Crippen LogP contribution < -0.4 is 0 Å². The maximum Gasteiger partial charge on any atom is 0.160 e. The predicted octanol–water partition coefficient (Wildman–Crippen LogP) is 5.61. The van der Waals surface area contributed by atoms with Crippen LogP contribution in [0.5, 0.6) is 0 Å². The second-order valence-electron chi connectivity index (χ2n) is 4.45. The molecule has 0 fully saturated rings. The first kappa shape index (κ1) is 14.5. The van der Waals surface area contributed by atoms with Gasteiger partial charge in [0.1, 0.15) is 0 Å². The zero-order valence-corrected chi connectivity index (χ0v) is 12.6. The van der Waals surface area contributed by atoms with E-state index in [-0.39, 0.29) is 9.85 Å². The molecule has 0 N–H and O–H groups in total. The van der Waals surface area contributed by atoms with Gasteiger partial charge in [-0.15, -0.1) is 0 Å². The van der Waals surface area contributed by atoms with Crippen LogP contribution in [-0.4, -0.2) is 0 Å². The average molecular weight is 346 g/mol. The Morgan fingerprint density at radius 1 is 1.16 bits per heavy atom. The average Bonchev–Trinajstić information content (AvgIpc) is 2.33. The Morgan fingerprint density at radius 3 is 2.53 bits per heavy atom. The highest BCUT2D eigenvalue weighted by Crippen LogP contribution is 2.33. The van der Waals surface area contributed by atoms with Gasteiger partial charge in [0, 0.05) is 9.85 Å². The predicted molar refractivity (Wildman–Crippen MR) is 77.9 cm³/mol. The molecule has 2 rings (SSSR count). The van der Waals surface area contributed by atoms with Crippen LogP contribution in [0.4, 0.5) is 8.78 Å². The Hall–Kier alpha value is -0.930. The Balaban J connectivity index is 2.25. The lowest BCUT2D eigenvalue weighted by atomic mass is 10.0. The first-order valence-electron chi connectivity index (χ1n) is 5.81. The first-order valence-corrected chi connectivity index (χ1v) is 7.11. The van der Waals surface area contributed by atoms with E-state index in [0.717, 1.165) is 23.3 Å². The minimum absolute atomic E-state index is 0.156. The molecule has 0 saturated heterocycles. The van der Waals surface area contributed by atoms with E-state index in [9.17, 15) is 8.78 Å². The maximum absolute atomic E-state index is 13.3. The summed E-state index contributed by atoms with van der Waals surface area (Å²) in [5.41, 5.74) is 2.83. The van der Waals surface area contributed by atoms with Gasteiger partial charge in [-0.2, -0.15) is 0 Å². The topological polar surface area (TPSA) is 0 Å². The third-order valence-corrected chi connectivity index (χ3v) is 4.02. The fourth-order valence-electron chi connectivity index (χ4n) is 1.93. The van der Waals surface area contributed by atoms with E-state index in [2.05, 4.69) is 22.0 Å². The molecule has 4 heteroatoms. The molecule has 0 radical (unpaired) electrons.